The van der Waals surface area contributed by atoms with Crippen molar-refractivity contribution < 1.29 is 14.0 Å². The zero-order valence-electron chi connectivity index (χ0n) is 14.2. The van der Waals surface area contributed by atoms with Crippen LogP contribution in [0.4, 0.5) is 11.4 Å². The van der Waals surface area contributed by atoms with Gasteiger partial charge in [-0.2, -0.15) is 0 Å². The van der Waals surface area contributed by atoms with Crippen molar-refractivity contribution in [3.05, 3.63) is 83.3 Å². The van der Waals surface area contributed by atoms with Crippen molar-refractivity contribution in [3.8, 4) is 0 Å². The number of para-hydroxylation sites is 1. The minimum Gasteiger partial charge on any atom is -0.458 e. The molecule has 2 N–H and O–H groups in total. The first-order valence-electron chi connectivity index (χ1n) is 8.13. The Morgan fingerprint density at radius 1 is 1.00 bits per heavy atom. The Hall–Kier alpha value is -3.38. The highest BCUT2D eigenvalue weighted by atomic mass is 35.5. The van der Waals surface area contributed by atoms with Gasteiger partial charge in [-0.05, 0) is 42.5 Å². The number of aliphatic imine (C=N–C) groups is 1. The fourth-order valence-corrected chi connectivity index (χ4v) is 2.40. The van der Waals surface area contributed by atoms with Gasteiger partial charge in [0.25, 0.3) is 0 Å². The summed E-state index contributed by atoms with van der Waals surface area (Å²) in [5.74, 6) is -0.462. The van der Waals surface area contributed by atoms with Crippen molar-refractivity contribution >= 4 is 41.0 Å². The smallest absolute Gasteiger partial charge is 0.313 e. The van der Waals surface area contributed by atoms with Crippen LogP contribution in [-0.2, 0) is 16.1 Å². The lowest BCUT2D eigenvalue weighted by Crippen LogP contribution is -2.34. The van der Waals surface area contributed by atoms with Crippen molar-refractivity contribution in [1.82, 2.24) is 5.32 Å². The summed E-state index contributed by atoms with van der Waals surface area (Å²) in [5, 5.41) is 5.62. The highest BCUT2D eigenvalue weighted by Gasteiger charge is 2.13. The van der Waals surface area contributed by atoms with Gasteiger partial charge in [0.05, 0.1) is 18.4 Å². The number of carbonyl (C=O) groups excluding carboxylic acids is 2. The van der Waals surface area contributed by atoms with Crippen LogP contribution in [0.3, 0.4) is 0 Å². The molecule has 1 aromatic heterocycles. The Morgan fingerprint density at radius 3 is 2.59 bits per heavy atom. The number of nitrogens with one attached hydrogen (secondary N) is 2. The molecule has 1 heterocycles. The summed E-state index contributed by atoms with van der Waals surface area (Å²) < 4.78 is 5.56. The van der Waals surface area contributed by atoms with Gasteiger partial charge < -0.3 is 15.1 Å². The summed E-state index contributed by atoms with van der Waals surface area (Å²) in [6, 6.07) is 19.3. The molecule has 27 heavy (non-hydrogen) atoms. The molecule has 0 bridgehead atoms. The van der Waals surface area contributed by atoms with E-state index in [9.17, 15) is 9.59 Å². The van der Waals surface area contributed by atoms with Crippen LogP contribution in [0, 0.1) is 0 Å². The number of benzene rings is 2. The van der Waals surface area contributed by atoms with E-state index in [1.54, 1.807) is 60.8 Å². The molecule has 2 amide bonds. The van der Waals surface area contributed by atoms with Gasteiger partial charge in [-0.15, -0.1) is 0 Å². The number of nitrogens with zero attached hydrogens (tertiary/aromatic N) is 1. The second-order valence-corrected chi connectivity index (χ2v) is 5.98. The molecule has 136 valence electrons. The van der Waals surface area contributed by atoms with Crippen LogP contribution in [0.1, 0.15) is 11.5 Å². The van der Waals surface area contributed by atoms with E-state index in [0.29, 0.717) is 27.9 Å². The molecule has 2 aromatic carbocycles. The number of hydrogen-bond donors (Lipinski definition) is 2. The summed E-state index contributed by atoms with van der Waals surface area (Å²) in [6.45, 7) is 0.0893. The average molecular weight is 382 g/mol. The summed E-state index contributed by atoms with van der Waals surface area (Å²) in [5.41, 5.74) is 1.25. The number of halogens is 1. The molecule has 3 rings (SSSR count). The molecule has 3 aromatic rings. The third-order valence-electron chi connectivity index (χ3n) is 3.49. The van der Waals surface area contributed by atoms with Gasteiger partial charge in [-0.3, -0.25) is 14.6 Å². The number of anilines is 1. The molecule has 7 heteroatoms. The van der Waals surface area contributed by atoms with E-state index in [1.165, 1.54) is 0 Å². The Balaban J connectivity index is 1.51. The highest BCUT2D eigenvalue weighted by Crippen LogP contribution is 2.18. The van der Waals surface area contributed by atoms with Crippen LogP contribution in [0.5, 0.6) is 0 Å². The first-order valence-corrected chi connectivity index (χ1v) is 8.50. The van der Waals surface area contributed by atoms with E-state index < -0.39 is 11.8 Å². The standard InChI is InChI=1S/C20H16ClN3O3/c21-14-5-4-8-16(11-14)22-12-17-9-10-18(27-17)13-23-19(25)20(26)24-15-6-2-1-3-7-15/h1-12H,13H2,(H,23,25)(H,24,26). The van der Waals surface area contributed by atoms with Crippen LogP contribution in [-0.4, -0.2) is 18.0 Å². The monoisotopic (exact) mass is 381 g/mol. The van der Waals surface area contributed by atoms with E-state index in [-0.39, 0.29) is 6.54 Å². The van der Waals surface area contributed by atoms with Crippen molar-refractivity contribution in [3.63, 3.8) is 0 Å². The predicted octanol–water partition coefficient (Wildman–Crippen LogP) is 3.94. The van der Waals surface area contributed by atoms with Gasteiger partial charge in [0.1, 0.15) is 11.5 Å². The minimum atomic E-state index is -0.746. The van der Waals surface area contributed by atoms with Gasteiger partial charge in [0.2, 0.25) is 0 Å². The van der Waals surface area contributed by atoms with Crippen LogP contribution < -0.4 is 10.6 Å². The molecule has 0 spiro atoms. The lowest BCUT2D eigenvalue weighted by atomic mass is 10.3. The normalized spacial score (nSPS) is 10.7. The Morgan fingerprint density at radius 2 is 1.81 bits per heavy atom. The van der Waals surface area contributed by atoms with Gasteiger partial charge >= 0.3 is 11.8 Å². The molecule has 0 aliphatic rings. The number of carbonyl (C=O) groups is 2. The fourth-order valence-electron chi connectivity index (χ4n) is 2.21. The Labute approximate surface area is 160 Å². The third-order valence-corrected chi connectivity index (χ3v) is 3.73. The first-order chi connectivity index (χ1) is 13.1. The largest absolute Gasteiger partial charge is 0.458 e. The second kappa shape index (κ2) is 8.82. The van der Waals surface area contributed by atoms with Crippen LogP contribution >= 0.6 is 11.6 Å². The molecule has 0 aliphatic heterocycles. The van der Waals surface area contributed by atoms with Crippen molar-refractivity contribution in [1.29, 1.82) is 0 Å². The second-order valence-electron chi connectivity index (χ2n) is 5.54. The van der Waals surface area contributed by atoms with Crippen molar-refractivity contribution in [2.75, 3.05) is 5.32 Å². The zero-order chi connectivity index (χ0) is 19.1. The van der Waals surface area contributed by atoms with E-state index in [2.05, 4.69) is 15.6 Å². The van der Waals surface area contributed by atoms with Crippen molar-refractivity contribution in [2.24, 2.45) is 4.99 Å². The number of amides is 2. The van der Waals surface area contributed by atoms with Crippen LogP contribution in [0.2, 0.25) is 5.02 Å². The van der Waals surface area contributed by atoms with Gasteiger partial charge in [0.15, 0.2) is 0 Å². The fraction of sp³-hybridized carbons (Fsp3) is 0.0500. The molecule has 0 atom stereocenters. The van der Waals surface area contributed by atoms with Gasteiger partial charge in [-0.1, -0.05) is 35.9 Å². The van der Waals surface area contributed by atoms with E-state index in [0.717, 1.165) is 0 Å². The van der Waals surface area contributed by atoms with Gasteiger partial charge in [-0.25, -0.2) is 0 Å². The molecule has 6 nitrogen and oxygen atoms in total. The quantitative estimate of drug-likeness (QED) is 0.518. The summed E-state index contributed by atoms with van der Waals surface area (Å²) in [7, 11) is 0. The summed E-state index contributed by atoms with van der Waals surface area (Å²) in [4.78, 5) is 28.0. The molecule has 0 unspecified atom stereocenters. The molecule has 0 fully saturated rings. The minimum absolute atomic E-state index is 0.0893. The van der Waals surface area contributed by atoms with Crippen LogP contribution in [0.15, 0.2) is 76.1 Å². The zero-order valence-corrected chi connectivity index (χ0v) is 14.9. The maximum Gasteiger partial charge on any atom is 0.313 e. The summed E-state index contributed by atoms with van der Waals surface area (Å²) >= 11 is 5.91. The van der Waals surface area contributed by atoms with E-state index in [4.69, 9.17) is 16.0 Å². The highest BCUT2D eigenvalue weighted by molar-refractivity contribution is 6.39. The Bertz CT molecular complexity index is 967. The molecule has 0 aliphatic carbocycles. The lowest BCUT2D eigenvalue weighted by molar-refractivity contribution is -0.136. The maximum atomic E-state index is 11.9. The molecule has 0 saturated heterocycles. The van der Waals surface area contributed by atoms with Gasteiger partial charge in [0, 0.05) is 10.7 Å². The third kappa shape index (κ3) is 5.55. The molecular weight excluding hydrogens is 366 g/mol. The lowest BCUT2D eigenvalue weighted by Gasteiger charge is -2.05. The van der Waals surface area contributed by atoms with Crippen LogP contribution in [0.25, 0.3) is 0 Å². The number of furan rings is 1. The molecular formula is C20H16ClN3O3. The van der Waals surface area contributed by atoms with Crippen molar-refractivity contribution in [2.45, 2.75) is 6.54 Å². The molecule has 0 radical (unpaired) electrons. The topological polar surface area (TPSA) is 83.7 Å². The summed E-state index contributed by atoms with van der Waals surface area (Å²) in [6.07, 6.45) is 1.55. The Kier molecular flexibility index (Phi) is 6.02. The van der Waals surface area contributed by atoms with E-state index >= 15 is 0 Å². The first kappa shape index (κ1) is 18.4. The number of rotatable bonds is 5. The van der Waals surface area contributed by atoms with E-state index in [1.807, 2.05) is 12.1 Å². The average Bonchev–Trinajstić information content (AvgIpc) is 3.13. The molecule has 0 saturated carbocycles. The SMILES string of the molecule is O=C(NCc1ccc(C=Nc2cccc(Cl)c2)o1)C(=O)Nc1ccccc1. The number of hydrogen-bond acceptors (Lipinski definition) is 4. The maximum absolute atomic E-state index is 11.9. The predicted molar refractivity (Wildman–Crippen MR) is 104 cm³/mol.